The van der Waals surface area contributed by atoms with Gasteiger partial charge in [-0.05, 0) is 48.5 Å². The summed E-state index contributed by atoms with van der Waals surface area (Å²) < 4.78 is 0. The molecular formula is C22H26N2O4S2. The number of carbonyl (C=O) groups is 2. The highest BCUT2D eigenvalue weighted by molar-refractivity contribution is 7.99. The summed E-state index contributed by atoms with van der Waals surface area (Å²) in [6.45, 7) is 2.33. The summed E-state index contributed by atoms with van der Waals surface area (Å²) in [6, 6.07) is 13.9. The number of amides is 2. The van der Waals surface area contributed by atoms with Gasteiger partial charge in [-0.2, -0.15) is 0 Å². The predicted molar refractivity (Wildman–Crippen MR) is 120 cm³/mol. The first-order chi connectivity index (χ1) is 14.5. The van der Waals surface area contributed by atoms with Crippen LogP contribution in [0.1, 0.15) is 12.8 Å². The second-order valence-corrected chi connectivity index (χ2v) is 9.28. The highest BCUT2D eigenvalue weighted by Crippen LogP contribution is 2.23. The van der Waals surface area contributed by atoms with Crippen LogP contribution in [0.25, 0.3) is 0 Å². The topological polar surface area (TPSA) is 81.1 Å². The van der Waals surface area contributed by atoms with Crippen LogP contribution >= 0.6 is 23.5 Å². The van der Waals surface area contributed by atoms with Gasteiger partial charge >= 0.3 is 0 Å². The van der Waals surface area contributed by atoms with E-state index in [9.17, 15) is 19.8 Å². The van der Waals surface area contributed by atoms with E-state index in [1.165, 1.54) is 0 Å². The van der Waals surface area contributed by atoms with Gasteiger partial charge in [-0.15, -0.1) is 23.5 Å². The molecule has 1 aliphatic heterocycles. The van der Waals surface area contributed by atoms with Crippen LogP contribution in [-0.4, -0.2) is 69.5 Å². The fourth-order valence-corrected chi connectivity index (χ4v) is 4.80. The molecule has 30 heavy (non-hydrogen) atoms. The first kappa shape index (κ1) is 22.4. The highest BCUT2D eigenvalue weighted by atomic mass is 32.2. The predicted octanol–water partition coefficient (Wildman–Crippen LogP) is 3.43. The van der Waals surface area contributed by atoms with Gasteiger partial charge in [0.25, 0.3) is 0 Å². The van der Waals surface area contributed by atoms with E-state index in [4.69, 9.17) is 0 Å². The number of rotatable bonds is 8. The summed E-state index contributed by atoms with van der Waals surface area (Å²) in [5.41, 5.74) is 0. The quantitative estimate of drug-likeness (QED) is 0.605. The van der Waals surface area contributed by atoms with Crippen LogP contribution in [0.2, 0.25) is 0 Å². The molecule has 6 nitrogen and oxygen atoms in total. The third-order valence-corrected chi connectivity index (χ3v) is 6.86. The van der Waals surface area contributed by atoms with Crippen molar-refractivity contribution in [3.05, 3.63) is 48.5 Å². The zero-order chi connectivity index (χ0) is 21.3. The lowest BCUT2D eigenvalue weighted by molar-refractivity contribution is -0.139. The fraction of sp³-hybridized carbons (Fsp3) is 0.364. The minimum Gasteiger partial charge on any atom is -0.508 e. The van der Waals surface area contributed by atoms with Crippen LogP contribution in [-0.2, 0) is 9.59 Å². The first-order valence-electron chi connectivity index (χ1n) is 9.90. The average Bonchev–Trinajstić information content (AvgIpc) is 2.76. The summed E-state index contributed by atoms with van der Waals surface area (Å²) >= 11 is 3.19. The molecule has 160 valence electrons. The van der Waals surface area contributed by atoms with Crippen LogP contribution in [0.5, 0.6) is 11.5 Å². The summed E-state index contributed by atoms with van der Waals surface area (Å²) in [6.07, 6.45) is 0.922. The maximum absolute atomic E-state index is 12.4. The summed E-state index contributed by atoms with van der Waals surface area (Å²) in [4.78, 5) is 30.6. The Labute approximate surface area is 185 Å². The lowest BCUT2D eigenvalue weighted by Gasteiger charge is -2.35. The van der Waals surface area contributed by atoms with Gasteiger partial charge in [0.1, 0.15) is 11.5 Å². The van der Waals surface area contributed by atoms with E-state index >= 15 is 0 Å². The van der Waals surface area contributed by atoms with Crippen LogP contribution < -0.4 is 0 Å². The Morgan fingerprint density at radius 1 is 0.667 bits per heavy atom. The van der Waals surface area contributed by atoms with Gasteiger partial charge < -0.3 is 20.0 Å². The van der Waals surface area contributed by atoms with Crippen molar-refractivity contribution in [1.82, 2.24) is 9.80 Å². The molecule has 2 aromatic carbocycles. The Kier molecular flexibility index (Phi) is 8.33. The number of phenols is 2. The molecule has 1 heterocycles. The van der Waals surface area contributed by atoms with Crippen molar-refractivity contribution < 1.29 is 19.8 Å². The molecule has 0 radical (unpaired) electrons. The lowest BCUT2D eigenvalue weighted by atomic mass is 10.2. The molecule has 2 amide bonds. The average molecular weight is 447 g/mol. The molecule has 2 N–H and O–H groups in total. The second kappa shape index (κ2) is 11.2. The van der Waals surface area contributed by atoms with Gasteiger partial charge in [0.05, 0.1) is 0 Å². The Morgan fingerprint density at radius 3 is 1.33 bits per heavy atom. The third-order valence-electron chi connectivity index (χ3n) is 4.83. The van der Waals surface area contributed by atoms with E-state index in [2.05, 4.69) is 0 Å². The van der Waals surface area contributed by atoms with E-state index in [-0.39, 0.29) is 23.3 Å². The third kappa shape index (κ3) is 6.88. The molecule has 1 aliphatic rings. The molecule has 8 heteroatoms. The maximum atomic E-state index is 12.4. The van der Waals surface area contributed by atoms with Crippen LogP contribution in [0.15, 0.2) is 58.3 Å². The zero-order valence-corrected chi connectivity index (χ0v) is 18.3. The van der Waals surface area contributed by atoms with E-state index in [0.29, 0.717) is 50.5 Å². The molecule has 1 saturated heterocycles. The van der Waals surface area contributed by atoms with Crippen molar-refractivity contribution in [2.75, 3.05) is 37.7 Å². The minimum absolute atomic E-state index is 0.122. The lowest BCUT2D eigenvalue weighted by Crippen LogP contribution is -2.50. The number of phenolic OH excluding ortho intramolecular Hbond substituents is 2. The number of thioether (sulfide) groups is 2. The number of hydrogen-bond donors (Lipinski definition) is 2. The molecule has 2 aromatic rings. The summed E-state index contributed by atoms with van der Waals surface area (Å²) in [7, 11) is 0. The number of nitrogens with zero attached hydrogens (tertiary/aromatic N) is 2. The normalized spacial score (nSPS) is 14.0. The molecule has 1 fully saturated rings. The molecule has 0 saturated carbocycles. The molecule has 0 spiro atoms. The summed E-state index contributed by atoms with van der Waals surface area (Å²) in [5.74, 6) is 2.10. The van der Waals surface area contributed by atoms with Crippen molar-refractivity contribution in [3.63, 3.8) is 0 Å². The van der Waals surface area contributed by atoms with Gasteiger partial charge in [0.2, 0.25) is 11.8 Å². The van der Waals surface area contributed by atoms with Gasteiger partial charge in [-0.25, -0.2) is 0 Å². The van der Waals surface area contributed by atoms with Gasteiger partial charge in [0.15, 0.2) is 0 Å². The Hall–Kier alpha value is -2.32. The maximum Gasteiger partial charge on any atom is 0.223 e. The standard InChI is InChI=1S/C22H26N2O4S2/c25-17-1-5-19(6-2-17)29-15-9-21(27)23-11-13-24(14-12-23)22(28)10-16-30-20-7-3-18(26)4-8-20/h1-8,25-26H,9-16H2. The highest BCUT2D eigenvalue weighted by Gasteiger charge is 2.23. The van der Waals surface area contributed by atoms with Gasteiger partial charge in [0, 0.05) is 60.3 Å². The van der Waals surface area contributed by atoms with E-state index in [1.807, 2.05) is 34.1 Å². The Bertz CT molecular complexity index is 764. The Balaban J connectivity index is 1.32. The number of carbonyl (C=O) groups excluding carboxylic acids is 2. The van der Waals surface area contributed by atoms with Crippen molar-refractivity contribution in [3.8, 4) is 11.5 Å². The van der Waals surface area contributed by atoms with Crippen LogP contribution in [0.4, 0.5) is 0 Å². The van der Waals surface area contributed by atoms with E-state index in [0.717, 1.165) is 9.79 Å². The Morgan fingerprint density at radius 2 is 1.00 bits per heavy atom. The smallest absolute Gasteiger partial charge is 0.223 e. The van der Waals surface area contributed by atoms with Gasteiger partial charge in [-0.1, -0.05) is 0 Å². The monoisotopic (exact) mass is 446 g/mol. The molecule has 0 bridgehead atoms. The van der Waals surface area contributed by atoms with E-state index in [1.54, 1.807) is 47.8 Å². The van der Waals surface area contributed by atoms with Crippen molar-refractivity contribution in [1.29, 1.82) is 0 Å². The van der Waals surface area contributed by atoms with Crippen molar-refractivity contribution in [2.45, 2.75) is 22.6 Å². The zero-order valence-electron chi connectivity index (χ0n) is 16.7. The first-order valence-corrected chi connectivity index (χ1v) is 11.9. The summed E-state index contributed by atoms with van der Waals surface area (Å²) in [5, 5.41) is 18.6. The number of hydrogen-bond acceptors (Lipinski definition) is 6. The molecule has 0 aliphatic carbocycles. The minimum atomic E-state index is 0.122. The van der Waals surface area contributed by atoms with Crippen molar-refractivity contribution >= 4 is 35.3 Å². The number of piperazine rings is 1. The largest absolute Gasteiger partial charge is 0.508 e. The van der Waals surface area contributed by atoms with Crippen LogP contribution in [0.3, 0.4) is 0 Å². The molecule has 0 aromatic heterocycles. The van der Waals surface area contributed by atoms with E-state index < -0.39 is 0 Å². The van der Waals surface area contributed by atoms with Gasteiger partial charge in [-0.3, -0.25) is 9.59 Å². The molecule has 0 atom stereocenters. The number of aromatic hydroxyl groups is 2. The molecule has 0 unspecified atom stereocenters. The fourth-order valence-electron chi connectivity index (χ4n) is 3.12. The van der Waals surface area contributed by atoms with Crippen LogP contribution in [0, 0.1) is 0 Å². The SMILES string of the molecule is O=C(CCSc1ccc(O)cc1)N1CCN(C(=O)CCSc2ccc(O)cc2)CC1. The molecular weight excluding hydrogens is 420 g/mol. The number of benzene rings is 2. The molecule has 3 rings (SSSR count). The van der Waals surface area contributed by atoms with Crippen molar-refractivity contribution in [2.24, 2.45) is 0 Å². The second-order valence-electron chi connectivity index (χ2n) is 6.95.